The lowest BCUT2D eigenvalue weighted by Crippen LogP contribution is -2.26. The van der Waals surface area contributed by atoms with Gasteiger partial charge >= 0.3 is 5.97 Å². The Morgan fingerprint density at radius 1 is 1.27 bits per heavy atom. The number of Topliss-reactive ketones (excluding diaryl/α,β-unsaturated/α-hetero) is 1. The summed E-state index contributed by atoms with van der Waals surface area (Å²) in [6, 6.07) is 6.84. The zero-order valence-electron chi connectivity index (χ0n) is 15.7. The highest BCUT2D eigenvalue weighted by Crippen LogP contribution is 2.35. The van der Waals surface area contributed by atoms with Crippen molar-refractivity contribution in [3.05, 3.63) is 41.2 Å². The SMILES string of the molecule is CCCCCOC(=O)c1ccccc1N=CC1=C(O)CC(C)(C)CC1=O. The van der Waals surface area contributed by atoms with E-state index in [2.05, 4.69) is 11.9 Å². The van der Waals surface area contributed by atoms with Crippen molar-refractivity contribution in [2.75, 3.05) is 6.61 Å². The predicted octanol–water partition coefficient (Wildman–Crippen LogP) is 4.94. The molecule has 1 N–H and O–H groups in total. The smallest absolute Gasteiger partial charge is 0.340 e. The van der Waals surface area contributed by atoms with Crippen LogP contribution < -0.4 is 0 Å². The van der Waals surface area contributed by atoms with Crippen molar-refractivity contribution in [3.63, 3.8) is 0 Å². The van der Waals surface area contributed by atoms with E-state index in [0.717, 1.165) is 19.3 Å². The Bertz CT molecular complexity index is 731. The van der Waals surface area contributed by atoms with Gasteiger partial charge in [0.1, 0.15) is 5.76 Å². The third-order valence-corrected chi connectivity index (χ3v) is 4.33. The summed E-state index contributed by atoms with van der Waals surface area (Å²) in [5.74, 6) is -0.514. The van der Waals surface area contributed by atoms with Crippen LogP contribution in [-0.4, -0.2) is 29.7 Å². The van der Waals surface area contributed by atoms with E-state index in [1.165, 1.54) is 6.21 Å². The molecule has 140 valence electrons. The van der Waals surface area contributed by atoms with Crippen molar-refractivity contribution in [2.24, 2.45) is 10.4 Å². The molecular weight excluding hydrogens is 330 g/mol. The lowest BCUT2D eigenvalue weighted by Gasteiger charge is -2.28. The van der Waals surface area contributed by atoms with Gasteiger partial charge in [-0.1, -0.05) is 45.7 Å². The molecule has 0 radical (unpaired) electrons. The molecule has 1 aliphatic carbocycles. The third kappa shape index (κ3) is 5.28. The molecule has 0 aliphatic heterocycles. The number of rotatable bonds is 7. The highest BCUT2D eigenvalue weighted by Gasteiger charge is 2.32. The number of ketones is 1. The zero-order valence-corrected chi connectivity index (χ0v) is 15.7. The second kappa shape index (κ2) is 8.79. The number of benzene rings is 1. The average Bonchev–Trinajstić information content (AvgIpc) is 2.57. The molecule has 26 heavy (non-hydrogen) atoms. The Balaban J connectivity index is 2.16. The number of aliphatic imine (C=N–C) groups is 1. The van der Waals surface area contributed by atoms with Crippen LogP contribution in [0.1, 0.15) is 63.2 Å². The molecular formula is C21H27NO4. The van der Waals surface area contributed by atoms with Crippen molar-refractivity contribution < 1.29 is 19.4 Å². The Morgan fingerprint density at radius 2 is 2.00 bits per heavy atom. The number of esters is 1. The number of ether oxygens (including phenoxy) is 1. The first-order valence-electron chi connectivity index (χ1n) is 9.09. The van der Waals surface area contributed by atoms with Crippen LogP contribution in [0.25, 0.3) is 0 Å². The van der Waals surface area contributed by atoms with Crippen LogP contribution >= 0.6 is 0 Å². The van der Waals surface area contributed by atoms with Gasteiger partial charge in [-0.15, -0.1) is 0 Å². The normalized spacial score (nSPS) is 17.0. The van der Waals surface area contributed by atoms with Crippen LogP contribution in [0.4, 0.5) is 5.69 Å². The highest BCUT2D eigenvalue weighted by molar-refractivity contribution is 6.15. The summed E-state index contributed by atoms with van der Waals surface area (Å²) in [5, 5.41) is 10.2. The number of aliphatic hydroxyl groups is 1. The number of para-hydroxylation sites is 1. The summed E-state index contributed by atoms with van der Waals surface area (Å²) in [5.41, 5.74) is 0.740. The standard InChI is InChI=1S/C21H27NO4/c1-4-5-8-11-26-20(25)15-9-6-7-10-17(15)22-14-16-18(23)12-21(2,3)13-19(16)24/h6-7,9-10,14,23H,4-5,8,11-13H2,1-3H3. The molecule has 5 nitrogen and oxygen atoms in total. The maximum atomic E-state index is 12.3. The Kier molecular flexibility index (Phi) is 6.72. The van der Waals surface area contributed by atoms with Crippen molar-refractivity contribution in [2.45, 2.75) is 52.9 Å². The van der Waals surface area contributed by atoms with Gasteiger partial charge in [-0.2, -0.15) is 0 Å². The largest absolute Gasteiger partial charge is 0.511 e. The van der Waals surface area contributed by atoms with E-state index in [9.17, 15) is 14.7 Å². The van der Waals surface area contributed by atoms with E-state index in [0.29, 0.717) is 30.7 Å². The summed E-state index contributed by atoms with van der Waals surface area (Å²) >= 11 is 0. The summed E-state index contributed by atoms with van der Waals surface area (Å²) in [6.45, 7) is 6.35. The quantitative estimate of drug-likeness (QED) is 0.426. The van der Waals surface area contributed by atoms with Gasteiger partial charge < -0.3 is 9.84 Å². The lowest BCUT2D eigenvalue weighted by atomic mass is 9.77. The molecule has 0 unspecified atom stereocenters. The zero-order chi connectivity index (χ0) is 19.2. The fourth-order valence-corrected chi connectivity index (χ4v) is 2.94. The molecule has 0 atom stereocenters. The topological polar surface area (TPSA) is 76.0 Å². The van der Waals surface area contributed by atoms with Gasteiger partial charge in [0.15, 0.2) is 5.78 Å². The van der Waals surface area contributed by atoms with E-state index in [-0.39, 0.29) is 22.5 Å². The van der Waals surface area contributed by atoms with Crippen molar-refractivity contribution in [1.29, 1.82) is 0 Å². The lowest BCUT2D eigenvalue weighted by molar-refractivity contribution is -0.117. The van der Waals surface area contributed by atoms with Crippen LogP contribution in [0, 0.1) is 5.41 Å². The van der Waals surface area contributed by atoms with Gasteiger partial charge in [0.25, 0.3) is 0 Å². The number of hydrogen-bond acceptors (Lipinski definition) is 5. The molecule has 5 heteroatoms. The molecule has 1 aromatic carbocycles. The molecule has 0 bridgehead atoms. The van der Waals surface area contributed by atoms with E-state index in [1.54, 1.807) is 24.3 Å². The fraction of sp³-hybridized carbons (Fsp3) is 0.476. The summed E-state index contributed by atoms with van der Waals surface area (Å²) < 4.78 is 5.29. The first-order chi connectivity index (χ1) is 12.3. The van der Waals surface area contributed by atoms with Crippen LogP contribution in [0.2, 0.25) is 0 Å². The Labute approximate surface area is 154 Å². The maximum absolute atomic E-state index is 12.3. The third-order valence-electron chi connectivity index (χ3n) is 4.33. The number of nitrogens with zero attached hydrogens (tertiary/aromatic N) is 1. The maximum Gasteiger partial charge on any atom is 0.340 e. The summed E-state index contributed by atoms with van der Waals surface area (Å²) in [7, 11) is 0. The first-order valence-corrected chi connectivity index (χ1v) is 9.09. The summed E-state index contributed by atoms with van der Waals surface area (Å²) in [6.07, 6.45) is 5.05. The van der Waals surface area contributed by atoms with Gasteiger partial charge in [0.05, 0.1) is 23.4 Å². The highest BCUT2D eigenvalue weighted by atomic mass is 16.5. The number of hydrogen-bond donors (Lipinski definition) is 1. The molecule has 0 amide bonds. The second-order valence-corrected chi connectivity index (χ2v) is 7.42. The van der Waals surface area contributed by atoms with Gasteiger partial charge in [-0.25, -0.2) is 4.79 Å². The minimum absolute atomic E-state index is 0.0506. The number of carbonyl (C=O) groups is 2. The molecule has 0 saturated heterocycles. The molecule has 0 spiro atoms. The molecule has 2 rings (SSSR count). The molecule has 0 fully saturated rings. The fourth-order valence-electron chi connectivity index (χ4n) is 2.94. The molecule has 1 aromatic rings. The number of aliphatic hydroxyl groups excluding tert-OH is 1. The molecule has 0 saturated carbocycles. The van der Waals surface area contributed by atoms with Gasteiger partial charge in [0.2, 0.25) is 0 Å². The average molecular weight is 357 g/mol. The van der Waals surface area contributed by atoms with Gasteiger partial charge in [-0.3, -0.25) is 9.79 Å². The van der Waals surface area contributed by atoms with Crippen molar-refractivity contribution in [1.82, 2.24) is 0 Å². The Hall–Kier alpha value is -2.43. The Morgan fingerprint density at radius 3 is 2.69 bits per heavy atom. The minimum atomic E-state index is -0.428. The van der Waals surface area contributed by atoms with Crippen LogP contribution in [0.15, 0.2) is 40.6 Å². The van der Waals surface area contributed by atoms with Crippen LogP contribution in [0.3, 0.4) is 0 Å². The van der Waals surface area contributed by atoms with Crippen molar-refractivity contribution in [3.8, 4) is 0 Å². The second-order valence-electron chi connectivity index (χ2n) is 7.42. The summed E-state index contributed by atoms with van der Waals surface area (Å²) in [4.78, 5) is 28.8. The number of carbonyl (C=O) groups excluding carboxylic acids is 2. The van der Waals surface area contributed by atoms with E-state index < -0.39 is 5.97 Å². The number of unbranched alkanes of at least 4 members (excludes halogenated alkanes) is 2. The minimum Gasteiger partial charge on any atom is -0.511 e. The first kappa shape index (κ1) is 19.9. The van der Waals surface area contributed by atoms with E-state index in [4.69, 9.17) is 4.74 Å². The van der Waals surface area contributed by atoms with Crippen LogP contribution in [-0.2, 0) is 9.53 Å². The molecule has 0 heterocycles. The molecule has 1 aliphatic rings. The predicted molar refractivity (Wildman–Crippen MR) is 102 cm³/mol. The van der Waals surface area contributed by atoms with E-state index in [1.807, 2.05) is 13.8 Å². The van der Waals surface area contributed by atoms with E-state index >= 15 is 0 Å². The van der Waals surface area contributed by atoms with Gasteiger partial charge in [0, 0.05) is 19.1 Å². The van der Waals surface area contributed by atoms with Crippen molar-refractivity contribution >= 4 is 23.7 Å². The van der Waals surface area contributed by atoms with Crippen LogP contribution in [0.5, 0.6) is 0 Å². The van der Waals surface area contributed by atoms with Gasteiger partial charge in [-0.05, 0) is 24.0 Å². The monoisotopic (exact) mass is 357 g/mol. The number of allylic oxidation sites excluding steroid dienone is 2. The molecule has 0 aromatic heterocycles.